The second-order valence-corrected chi connectivity index (χ2v) is 8.63. The minimum Gasteiger partial charge on any atom is -0.409 e. The maximum Gasteiger partial charge on any atom is 0.416 e. The summed E-state index contributed by atoms with van der Waals surface area (Å²) in [6, 6.07) is 21.6. The molecule has 3 aromatic carbocycles. The van der Waals surface area contributed by atoms with Crippen molar-refractivity contribution in [3.63, 3.8) is 0 Å². The van der Waals surface area contributed by atoms with Crippen LogP contribution in [-0.4, -0.2) is 20.0 Å². The van der Waals surface area contributed by atoms with Gasteiger partial charge in [0.1, 0.15) is 0 Å². The lowest BCUT2D eigenvalue weighted by atomic mass is 10.1. The molecule has 0 saturated heterocycles. The fourth-order valence-electron chi connectivity index (χ4n) is 3.60. The molecular formula is C25H17F3N4O2S. The third-order valence-electron chi connectivity index (χ3n) is 5.27. The van der Waals surface area contributed by atoms with Crippen LogP contribution in [0.1, 0.15) is 16.7 Å². The van der Waals surface area contributed by atoms with Gasteiger partial charge in [-0.05, 0) is 23.3 Å². The zero-order chi connectivity index (χ0) is 24.4. The van der Waals surface area contributed by atoms with Crippen LogP contribution in [0.25, 0.3) is 22.4 Å². The maximum atomic E-state index is 13.0. The number of halogens is 3. The summed E-state index contributed by atoms with van der Waals surface area (Å²) in [6.45, 7) is 0.267. The zero-order valence-electron chi connectivity index (χ0n) is 18.1. The van der Waals surface area contributed by atoms with Crippen LogP contribution in [0.4, 0.5) is 13.2 Å². The van der Waals surface area contributed by atoms with E-state index in [9.17, 15) is 18.0 Å². The molecule has 0 fully saturated rings. The van der Waals surface area contributed by atoms with Crippen molar-refractivity contribution in [2.24, 2.45) is 0 Å². The van der Waals surface area contributed by atoms with E-state index in [2.05, 4.69) is 15.3 Å². The minimum atomic E-state index is -4.41. The molecule has 176 valence electrons. The molecule has 0 unspecified atom stereocenters. The number of benzene rings is 3. The Balaban J connectivity index is 1.45. The van der Waals surface area contributed by atoms with Crippen molar-refractivity contribution in [3.8, 4) is 11.6 Å². The van der Waals surface area contributed by atoms with Gasteiger partial charge in [-0.1, -0.05) is 78.5 Å². The first-order valence-electron chi connectivity index (χ1n) is 10.5. The molecule has 5 rings (SSSR count). The molecule has 0 aliphatic heterocycles. The quantitative estimate of drug-likeness (QED) is 0.278. The van der Waals surface area contributed by atoms with Gasteiger partial charge in [0, 0.05) is 11.1 Å². The highest BCUT2D eigenvalue weighted by molar-refractivity contribution is 7.98. The fraction of sp³-hybridized carbons (Fsp3) is 0.120. The van der Waals surface area contributed by atoms with Gasteiger partial charge in [-0.25, -0.2) is 4.68 Å². The van der Waals surface area contributed by atoms with Crippen molar-refractivity contribution in [2.45, 2.75) is 23.7 Å². The number of hydrogen-bond donors (Lipinski definition) is 0. The molecular weight excluding hydrogens is 477 g/mol. The Morgan fingerprint density at radius 1 is 0.857 bits per heavy atom. The highest BCUT2D eigenvalue weighted by atomic mass is 32.2. The Hall–Kier alpha value is -3.92. The van der Waals surface area contributed by atoms with E-state index in [1.54, 1.807) is 30.3 Å². The summed E-state index contributed by atoms with van der Waals surface area (Å²) in [7, 11) is 0. The summed E-state index contributed by atoms with van der Waals surface area (Å²) in [4.78, 5) is 13.0. The molecule has 2 aromatic heterocycles. The van der Waals surface area contributed by atoms with E-state index in [4.69, 9.17) is 4.42 Å². The summed E-state index contributed by atoms with van der Waals surface area (Å²) < 4.78 is 46.0. The van der Waals surface area contributed by atoms with Crippen molar-refractivity contribution in [1.29, 1.82) is 0 Å². The number of rotatable bonds is 6. The molecule has 0 aliphatic carbocycles. The van der Waals surface area contributed by atoms with Crippen molar-refractivity contribution >= 4 is 22.5 Å². The van der Waals surface area contributed by atoms with Crippen LogP contribution in [0.3, 0.4) is 0 Å². The van der Waals surface area contributed by atoms with Gasteiger partial charge in [-0.15, -0.1) is 10.2 Å². The van der Waals surface area contributed by atoms with E-state index in [0.717, 1.165) is 29.5 Å². The fourth-order valence-corrected chi connectivity index (χ4v) is 4.31. The first-order valence-corrected chi connectivity index (χ1v) is 11.5. The molecule has 0 aliphatic rings. The Kier molecular flexibility index (Phi) is 6.12. The van der Waals surface area contributed by atoms with Crippen molar-refractivity contribution in [2.75, 3.05) is 0 Å². The van der Waals surface area contributed by atoms with Gasteiger partial charge < -0.3 is 4.42 Å². The van der Waals surface area contributed by atoms with E-state index in [1.807, 2.05) is 30.3 Å². The van der Waals surface area contributed by atoms with Crippen LogP contribution in [0.15, 0.2) is 93.3 Å². The number of alkyl halides is 3. The van der Waals surface area contributed by atoms with Crippen LogP contribution in [0, 0.1) is 0 Å². The standard InChI is InChI=1S/C25H17F3N4O2S/c26-25(27,28)18-10-6-9-17(13-18)15-35-24-30-29-22(34-24)21-19-11-4-5-12-20(19)23(33)32(31-21)14-16-7-2-1-3-8-16/h1-13H,14-15H2. The molecule has 10 heteroatoms. The van der Waals surface area contributed by atoms with Crippen LogP contribution in [0.2, 0.25) is 0 Å². The molecule has 35 heavy (non-hydrogen) atoms. The first-order chi connectivity index (χ1) is 16.9. The number of fused-ring (bicyclic) bond motifs is 1. The molecule has 2 heterocycles. The smallest absolute Gasteiger partial charge is 0.409 e. The molecule has 0 amide bonds. The van der Waals surface area contributed by atoms with Crippen molar-refractivity contribution in [3.05, 3.63) is 106 Å². The highest BCUT2D eigenvalue weighted by Crippen LogP contribution is 2.32. The molecule has 0 bridgehead atoms. The molecule has 0 radical (unpaired) electrons. The Morgan fingerprint density at radius 2 is 1.57 bits per heavy atom. The summed E-state index contributed by atoms with van der Waals surface area (Å²) in [6.07, 6.45) is -4.41. The minimum absolute atomic E-state index is 0.120. The third kappa shape index (κ3) is 4.97. The third-order valence-corrected chi connectivity index (χ3v) is 6.16. The largest absolute Gasteiger partial charge is 0.416 e. The monoisotopic (exact) mass is 494 g/mol. The lowest BCUT2D eigenvalue weighted by Gasteiger charge is -2.09. The predicted octanol–water partition coefficient (Wildman–Crippen LogP) is 5.81. The van der Waals surface area contributed by atoms with Crippen molar-refractivity contribution < 1.29 is 17.6 Å². The van der Waals surface area contributed by atoms with Gasteiger partial charge in [-0.3, -0.25) is 4.79 Å². The molecule has 5 aromatic rings. The van der Waals surface area contributed by atoms with Gasteiger partial charge in [0.2, 0.25) is 0 Å². The number of hydrogen-bond acceptors (Lipinski definition) is 6. The summed E-state index contributed by atoms with van der Waals surface area (Å²) >= 11 is 1.12. The maximum absolute atomic E-state index is 13.0. The number of thioether (sulfide) groups is 1. The van der Waals surface area contributed by atoms with Crippen LogP contribution in [-0.2, 0) is 18.5 Å². The normalized spacial score (nSPS) is 11.7. The van der Waals surface area contributed by atoms with E-state index in [-0.39, 0.29) is 29.0 Å². The summed E-state index contributed by atoms with van der Waals surface area (Å²) in [5, 5.41) is 13.8. The zero-order valence-corrected chi connectivity index (χ0v) is 18.9. The van der Waals surface area contributed by atoms with Gasteiger partial charge in [0.15, 0.2) is 5.69 Å². The molecule has 6 nitrogen and oxygen atoms in total. The number of aromatic nitrogens is 4. The highest BCUT2D eigenvalue weighted by Gasteiger charge is 2.30. The summed E-state index contributed by atoms with van der Waals surface area (Å²) in [5.41, 5.74) is 0.787. The van der Waals surface area contributed by atoms with Crippen LogP contribution in [0.5, 0.6) is 0 Å². The average molecular weight is 494 g/mol. The van der Waals surface area contributed by atoms with Crippen LogP contribution >= 0.6 is 11.8 Å². The molecule has 0 saturated carbocycles. The van der Waals surface area contributed by atoms with Crippen molar-refractivity contribution in [1.82, 2.24) is 20.0 Å². The second kappa shape index (κ2) is 9.38. The second-order valence-electron chi connectivity index (χ2n) is 7.70. The van der Waals surface area contributed by atoms with Gasteiger partial charge in [-0.2, -0.15) is 18.3 Å². The average Bonchev–Trinajstić information content (AvgIpc) is 3.34. The molecule has 0 N–H and O–H groups in total. The predicted molar refractivity (Wildman–Crippen MR) is 126 cm³/mol. The van der Waals surface area contributed by atoms with Crippen LogP contribution < -0.4 is 5.56 Å². The van der Waals surface area contributed by atoms with E-state index in [0.29, 0.717) is 22.0 Å². The number of nitrogens with zero attached hydrogens (tertiary/aromatic N) is 4. The Morgan fingerprint density at radius 3 is 2.34 bits per heavy atom. The Labute approximate surface area is 201 Å². The van der Waals surface area contributed by atoms with Gasteiger partial charge >= 0.3 is 6.18 Å². The first kappa shape index (κ1) is 22.9. The van der Waals surface area contributed by atoms with Gasteiger partial charge in [0.05, 0.1) is 17.5 Å². The lowest BCUT2D eigenvalue weighted by Crippen LogP contribution is -2.24. The van der Waals surface area contributed by atoms with E-state index in [1.165, 1.54) is 10.7 Å². The Bertz CT molecular complexity index is 1550. The van der Waals surface area contributed by atoms with E-state index >= 15 is 0 Å². The summed E-state index contributed by atoms with van der Waals surface area (Å²) in [5.74, 6) is 0.335. The SMILES string of the molecule is O=c1c2ccccc2c(-c2nnc(SCc3cccc(C(F)(F)F)c3)o2)nn1Cc1ccccc1. The topological polar surface area (TPSA) is 73.8 Å². The molecule has 0 atom stereocenters. The molecule has 0 spiro atoms. The lowest BCUT2D eigenvalue weighted by molar-refractivity contribution is -0.137. The van der Waals surface area contributed by atoms with E-state index < -0.39 is 11.7 Å². The van der Waals surface area contributed by atoms with Gasteiger partial charge in [0.25, 0.3) is 16.7 Å².